The second kappa shape index (κ2) is 10.9. The molecule has 2 aromatic carbocycles. The van der Waals surface area contributed by atoms with Crippen LogP contribution in [0, 0.1) is 0 Å². The van der Waals surface area contributed by atoms with E-state index in [1.165, 1.54) is 29.5 Å². The molecule has 34 heavy (non-hydrogen) atoms. The molecule has 8 heteroatoms. The number of nitrogens with one attached hydrogen (secondary N) is 1. The molecule has 178 valence electrons. The number of aldehydes is 1. The lowest BCUT2D eigenvalue weighted by atomic mass is 9.87. The van der Waals surface area contributed by atoms with Crippen molar-refractivity contribution in [3.8, 4) is 5.88 Å². The molecular weight excluding hydrogens is 470 g/mol. The number of anilines is 1. The Balaban J connectivity index is 1.87. The standard InChI is InChI=1S/C26H28ClN3O3S/c1-26(2,3)18-8-10-19(11-9-18)34-29-22-13-12-21(27)20(16-31)23(22)25(32)30(4)15-17-7-6-14-28-24(17)33-5/h6-14,16,29H,15H2,1-5H3. The smallest absolute Gasteiger partial charge is 0.256 e. The fourth-order valence-corrected chi connectivity index (χ4v) is 4.28. The number of ether oxygens (including phenoxy) is 1. The molecule has 0 radical (unpaired) electrons. The predicted molar refractivity (Wildman–Crippen MR) is 138 cm³/mol. The summed E-state index contributed by atoms with van der Waals surface area (Å²) in [6, 6.07) is 15.2. The number of benzene rings is 2. The SMILES string of the molecule is COc1ncccc1CN(C)C(=O)c1c(NSc2ccc(C(C)(C)C)cc2)ccc(Cl)c1C=O. The summed E-state index contributed by atoms with van der Waals surface area (Å²) in [4.78, 5) is 32.0. The zero-order valence-electron chi connectivity index (χ0n) is 19.9. The van der Waals surface area contributed by atoms with Crippen molar-refractivity contribution in [1.82, 2.24) is 9.88 Å². The Morgan fingerprint density at radius 1 is 1.18 bits per heavy atom. The van der Waals surface area contributed by atoms with Crippen LogP contribution in [0.2, 0.25) is 5.02 Å². The number of methoxy groups -OCH3 is 1. The van der Waals surface area contributed by atoms with Crippen LogP contribution in [0.25, 0.3) is 0 Å². The van der Waals surface area contributed by atoms with Crippen molar-refractivity contribution in [1.29, 1.82) is 0 Å². The molecule has 0 spiro atoms. The minimum atomic E-state index is -0.346. The molecule has 1 amide bonds. The summed E-state index contributed by atoms with van der Waals surface area (Å²) in [7, 11) is 3.19. The van der Waals surface area contributed by atoms with Crippen molar-refractivity contribution in [2.75, 3.05) is 18.9 Å². The second-order valence-corrected chi connectivity index (χ2v) is 10.1. The van der Waals surface area contributed by atoms with Crippen molar-refractivity contribution in [3.05, 3.63) is 82.0 Å². The molecule has 1 aromatic heterocycles. The van der Waals surface area contributed by atoms with Crippen LogP contribution in [0.1, 0.15) is 52.6 Å². The van der Waals surface area contributed by atoms with E-state index < -0.39 is 0 Å². The molecule has 0 unspecified atom stereocenters. The van der Waals surface area contributed by atoms with Crippen LogP contribution in [0.15, 0.2) is 59.6 Å². The molecule has 0 aliphatic carbocycles. The fraction of sp³-hybridized carbons (Fsp3) is 0.269. The van der Waals surface area contributed by atoms with E-state index in [-0.39, 0.29) is 34.0 Å². The predicted octanol–water partition coefficient (Wildman–Crippen LogP) is 6.25. The summed E-state index contributed by atoms with van der Waals surface area (Å²) in [5, 5.41) is 0.218. The van der Waals surface area contributed by atoms with Crippen molar-refractivity contribution in [2.24, 2.45) is 0 Å². The zero-order chi connectivity index (χ0) is 24.9. The Bertz CT molecular complexity index is 1180. The third-order valence-corrected chi connectivity index (χ3v) is 6.48. The zero-order valence-corrected chi connectivity index (χ0v) is 21.5. The first-order chi connectivity index (χ1) is 16.2. The summed E-state index contributed by atoms with van der Waals surface area (Å²) >= 11 is 7.63. The first-order valence-electron chi connectivity index (χ1n) is 10.7. The van der Waals surface area contributed by atoms with E-state index in [0.29, 0.717) is 17.9 Å². The van der Waals surface area contributed by atoms with E-state index in [0.717, 1.165) is 10.5 Å². The molecule has 0 aliphatic heterocycles. The van der Waals surface area contributed by atoms with Crippen LogP contribution in [-0.4, -0.2) is 36.2 Å². The van der Waals surface area contributed by atoms with Gasteiger partial charge in [-0.15, -0.1) is 0 Å². The molecule has 0 aliphatic rings. The largest absolute Gasteiger partial charge is 0.481 e. The summed E-state index contributed by atoms with van der Waals surface area (Å²) in [5.41, 5.74) is 2.91. The van der Waals surface area contributed by atoms with Crippen molar-refractivity contribution >= 4 is 41.4 Å². The minimum absolute atomic E-state index is 0.0623. The van der Waals surface area contributed by atoms with Gasteiger partial charge in [0.15, 0.2) is 6.29 Å². The maximum absolute atomic E-state index is 13.5. The highest BCUT2D eigenvalue weighted by molar-refractivity contribution is 8.00. The monoisotopic (exact) mass is 497 g/mol. The third kappa shape index (κ3) is 5.90. The molecule has 0 fully saturated rings. The highest BCUT2D eigenvalue weighted by Gasteiger charge is 2.23. The third-order valence-electron chi connectivity index (χ3n) is 5.32. The minimum Gasteiger partial charge on any atom is -0.481 e. The highest BCUT2D eigenvalue weighted by atomic mass is 35.5. The summed E-state index contributed by atoms with van der Waals surface area (Å²) in [5.74, 6) is 0.0955. The van der Waals surface area contributed by atoms with Gasteiger partial charge in [0.2, 0.25) is 5.88 Å². The lowest BCUT2D eigenvalue weighted by Gasteiger charge is -2.22. The summed E-state index contributed by atoms with van der Waals surface area (Å²) < 4.78 is 8.52. The number of carbonyl (C=O) groups excluding carboxylic acids is 2. The number of pyridine rings is 1. The Labute approximate surface area is 209 Å². The second-order valence-electron chi connectivity index (χ2n) is 8.81. The first kappa shape index (κ1) is 25.6. The molecule has 0 atom stereocenters. The van der Waals surface area contributed by atoms with Crippen LogP contribution in [0.5, 0.6) is 5.88 Å². The Morgan fingerprint density at radius 3 is 2.50 bits per heavy atom. The highest BCUT2D eigenvalue weighted by Crippen LogP contribution is 2.32. The normalized spacial score (nSPS) is 11.1. The molecule has 0 saturated carbocycles. The van der Waals surface area contributed by atoms with Crippen LogP contribution in [0.3, 0.4) is 0 Å². The van der Waals surface area contributed by atoms with Gasteiger partial charge in [0.25, 0.3) is 5.91 Å². The Hall–Kier alpha value is -3.03. The molecule has 0 bridgehead atoms. The van der Waals surface area contributed by atoms with Gasteiger partial charge < -0.3 is 14.4 Å². The van der Waals surface area contributed by atoms with Gasteiger partial charge in [0, 0.05) is 29.3 Å². The van der Waals surface area contributed by atoms with E-state index in [4.69, 9.17) is 16.3 Å². The Morgan fingerprint density at radius 2 is 1.88 bits per heavy atom. The van der Waals surface area contributed by atoms with Gasteiger partial charge in [-0.2, -0.15) is 0 Å². The van der Waals surface area contributed by atoms with Gasteiger partial charge >= 0.3 is 0 Å². The van der Waals surface area contributed by atoms with E-state index >= 15 is 0 Å². The molecule has 3 rings (SSSR count). The van der Waals surface area contributed by atoms with Crippen molar-refractivity contribution < 1.29 is 14.3 Å². The van der Waals surface area contributed by atoms with Crippen LogP contribution < -0.4 is 9.46 Å². The van der Waals surface area contributed by atoms with Crippen LogP contribution in [-0.2, 0) is 12.0 Å². The van der Waals surface area contributed by atoms with Crippen molar-refractivity contribution in [2.45, 2.75) is 37.6 Å². The average molecular weight is 498 g/mol. The lowest BCUT2D eigenvalue weighted by molar-refractivity contribution is 0.0782. The number of amides is 1. The molecule has 1 N–H and O–H groups in total. The molecule has 6 nitrogen and oxygen atoms in total. The van der Waals surface area contributed by atoms with E-state index in [9.17, 15) is 9.59 Å². The Kier molecular flexibility index (Phi) is 8.23. The van der Waals surface area contributed by atoms with Crippen molar-refractivity contribution in [3.63, 3.8) is 0 Å². The fourth-order valence-electron chi connectivity index (χ4n) is 3.41. The number of carbonyl (C=O) groups is 2. The van der Waals surface area contributed by atoms with E-state index in [1.807, 2.05) is 18.2 Å². The summed E-state index contributed by atoms with van der Waals surface area (Å²) in [6.07, 6.45) is 2.24. The number of hydrogen-bond donors (Lipinski definition) is 1. The number of rotatable bonds is 8. The van der Waals surface area contributed by atoms with Gasteiger partial charge in [0.05, 0.1) is 29.9 Å². The molecular formula is C26H28ClN3O3S. The van der Waals surface area contributed by atoms with Gasteiger partial charge in [-0.1, -0.05) is 50.6 Å². The quantitative estimate of drug-likeness (QED) is 0.293. The topological polar surface area (TPSA) is 71.5 Å². The number of aromatic nitrogens is 1. The van der Waals surface area contributed by atoms with E-state index in [1.54, 1.807) is 31.4 Å². The lowest BCUT2D eigenvalue weighted by Crippen LogP contribution is -2.28. The van der Waals surface area contributed by atoms with Crippen LogP contribution in [0.4, 0.5) is 5.69 Å². The number of hydrogen-bond acceptors (Lipinski definition) is 6. The first-order valence-corrected chi connectivity index (χ1v) is 11.9. The number of halogens is 1. The van der Waals surface area contributed by atoms with Gasteiger partial charge in [-0.3, -0.25) is 9.59 Å². The van der Waals surface area contributed by atoms with E-state index in [2.05, 4.69) is 42.6 Å². The maximum Gasteiger partial charge on any atom is 0.256 e. The van der Waals surface area contributed by atoms with Gasteiger partial charge in [0.1, 0.15) is 0 Å². The van der Waals surface area contributed by atoms with Crippen LogP contribution >= 0.6 is 23.5 Å². The molecule has 0 saturated heterocycles. The number of nitrogens with zero attached hydrogens (tertiary/aromatic N) is 2. The van der Waals surface area contributed by atoms with Gasteiger partial charge in [-0.05, 0) is 53.3 Å². The molecule has 1 heterocycles. The summed E-state index contributed by atoms with van der Waals surface area (Å²) in [6.45, 7) is 6.74. The van der Waals surface area contributed by atoms with Gasteiger partial charge in [-0.25, -0.2) is 4.98 Å². The maximum atomic E-state index is 13.5. The average Bonchev–Trinajstić information content (AvgIpc) is 2.82. The molecule has 3 aromatic rings.